The fourth-order valence-corrected chi connectivity index (χ4v) is 2.13. The maximum Gasteiger partial charge on any atom is 0.138 e. The van der Waals surface area contributed by atoms with E-state index in [1.54, 1.807) is 0 Å². The molecule has 0 aliphatic carbocycles. The number of nitrogens with zero attached hydrogens (tertiary/aromatic N) is 2. The molecule has 1 aliphatic heterocycles. The van der Waals surface area contributed by atoms with Gasteiger partial charge in [-0.3, -0.25) is 4.90 Å². The SMILES string of the molecule is CN1CCN(Cc2ccccc2)C(C=O)C1. The highest BCUT2D eigenvalue weighted by Gasteiger charge is 2.24. The Morgan fingerprint density at radius 3 is 2.75 bits per heavy atom. The molecule has 1 heterocycles. The molecule has 86 valence electrons. The number of carbonyl (C=O) groups excluding carboxylic acids is 1. The lowest BCUT2D eigenvalue weighted by Crippen LogP contribution is -2.52. The molecule has 3 nitrogen and oxygen atoms in total. The Kier molecular flexibility index (Phi) is 3.70. The van der Waals surface area contributed by atoms with Crippen LogP contribution in [0.25, 0.3) is 0 Å². The van der Waals surface area contributed by atoms with Crippen LogP contribution in [-0.2, 0) is 11.3 Å². The lowest BCUT2D eigenvalue weighted by Gasteiger charge is -2.37. The summed E-state index contributed by atoms with van der Waals surface area (Å²) in [5.74, 6) is 0. The second kappa shape index (κ2) is 5.23. The second-order valence-corrected chi connectivity index (χ2v) is 4.42. The number of likely N-dealkylation sites (N-methyl/N-ethyl adjacent to an activating group) is 1. The minimum absolute atomic E-state index is 0.0407. The van der Waals surface area contributed by atoms with Crippen molar-refractivity contribution in [2.75, 3.05) is 26.7 Å². The minimum atomic E-state index is 0.0407. The van der Waals surface area contributed by atoms with Gasteiger partial charge in [0.1, 0.15) is 6.29 Å². The van der Waals surface area contributed by atoms with Crippen molar-refractivity contribution < 1.29 is 4.79 Å². The molecule has 0 saturated carbocycles. The Bertz CT molecular complexity index is 339. The van der Waals surface area contributed by atoms with Crippen molar-refractivity contribution in [3.8, 4) is 0 Å². The molecule has 0 amide bonds. The molecule has 16 heavy (non-hydrogen) atoms. The van der Waals surface area contributed by atoms with Crippen molar-refractivity contribution >= 4 is 6.29 Å². The molecule has 1 aromatic carbocycles. The Balaban J connectivity index is 2.01. The van der Waals surface area contributed by atoms with Crippen LogP contribution in [0.5, 0.6) is 0 Å². The van der Waals surface area contributed by atoms with Gasteiger partial charge >= 0.3 is 0 Å². The van der Waals surface area contributed by atoms with Crippen LogP contribution in [0.15, 0.2) is 30.3 Å². The third kappa shape index (κ3) is 2.68. The molecule has 0 radical (unpaired) electrons. The Labute approximate surface area is 96.7 Å². The lowest BCUT2D eigenvalue weighted by molar-refractivity contribution is -0.114. The van der Waals surface area contributed by atoms with Gasteiger partial charge < -0.3 is 9.69 Å². The topological polar surface area (TPSA) is 23.6 Å². The summed E-state index contributed by atoms with van der Waals surface area (Å²) in [6, 6.07) is 10.4. The van der Waals surface area contributed by atoms with Crippen LogP contribution in [-0.4, -0.2) is 48.8 Å². The summed E-state index contributed by atoms with van der Waals surface area (Å²) in [5, 5.41) is 0. The Hall–Kier alpha value is -1.19. The predicted octanol–water partition coefficient (Wildman–Crippen LogP) is 1.00. The molecule has 1 aliphatic rings. The second-order valence-electron chi connectivity index (χ2n) is 4.42. The van der Waals surface area contributed by atoms with Crippen LogP contribution >= 0.6 is 0 Å². The third-order valence-electron chi connectivity index (χ3n) is 3.12. The van der Waals surface area contributed by atoms with Gasteiger partial charge in [0, 0.05) is 26.2 Å². The van der Waals surface area contributed by atoms with E-state index in [0.717, 1.165) is 32.5 Å². The summed E-state index contributed by atoms with van der Waals surface area (Å²) in [4.78, 5) is 15.5. The molecular formula is C13H18N2O. The number of hydrogen-bond acceptors (Lipinski definition) is 3. The molecule has 3 heteroatoms. The first-order valence-corrected chi connectivity index (χ1v) is 5.71. The zero-order chi connectivity index (χ0) is 11.4. The van der Waals surface area contributed by atoms with Crippen molar-refractivity contribution in [3.05, 3.63) is 35.9 Å². The molecule has 2 rings (SSSR count). The lowest BCUT2D eigenvalue weighted by atomic mass is 10.1. The molecule has 1 atom stereocenters. The van der Waals surface area contributed by atoms with E-state index < -0.39 is 0 Å². The van der Waals surface area contributed by atoms with E-state index in [2.05, 4.69) is 29.0 Å². The van der Waals surface area contributed by atoms with Gasteiger partial charge in [0.2, 0.25) is 0 Å². The van der Waals surface area contributed by atoms with Crippen LogP contribution in [0.2, 0.25) is 0 Å². The molecule has 0 bridgehead atoms. The highest BCUT2D eigenvalue weighted by molar-refractivity contribution is 5.58. The number of rotatable bonds is 3. The minimum Gasteiger partial charge on any atom is -0.303 e. The molecule has 1 saturated heterocycles. The van der Waals surface area contributed by atoms with Gasteiger partial charge in [-0.1, -0.05) is 30.3 Å². The Morgan fingerprint density at radius 1 is 1.31 bits per heavy atom. The highest BCUT2D eigenvalue weighted by atomic mass is 16.1. The van der Waals surface area contributed by atoms with Crippen molar-refractivity contribution in [3.63, 3.8) is 0 Å². The number of aldehydes is 1. The van der Waals surface area contributed by atoms with Crippen LogP contribution in [0.4, 0.5) is 0 Å². The van der Waals surface area contributed by atoms with Gasteiger partial charge in [-0.05, 0) is 12.6 Å². The number of carbonyl (C=O) groups is 1. The molecule has 1 aromatic rings. The van der Waals surface area contributed by atoms with Gasteiger partial charge in [-0.25, -0.2) is 0 Å². The fourth-order valence-electron chi connectivity index (χ4n) is 2.13. The highest BCUT2D eigenvalue weighted by Crippen LogP contribution is 2.11. The summed E-state index contributed by atoms with van der Waals surface area (Å²) in [7, 11) is 2.07. The molecule has 0 aromatic heterocycles. The number of piperazine rings is 1. The molecule has 1 fully saturated rings. The van der Waals surface area contributed by atoms with Gasteiger partial charge in [-0.15, -0.1) is 0 Å². The van der Waals surface area contributed by atoms with Gasteiger partial charge in [0.05, 0.1) is 6.04 Å². The van der Waals surface area contributed by atoms with E-state index in [1.807, 2.05) is 18.2 Å². The summed E-state index contributed by atoms with van der Waals surface area (Å²) in [6.07, 6.45) is 1.07. The van der Waals surface area contributed by atoms with Crippen molar-refractivity contribution in [1.29, 1.82) is 0 Å². The summed E-state index contributed by atoms with van der Waals surface area (Å²) >= 11 is 0. The van der Waals surface area contributed by atoms with Crippen molar-refractivity contribution in [1.82, 2.24) is 9.80 Å². The third-order valence-corrected chi connectivity index (χ3v) is 3.12. The molecule has 0 N–H and O–H groups in total. The smallest absolute Gasteiger partial charge is 0.138 e. The van der Waals surface area contributed by atoms with Gasteiger partial charge in [-0.2, -0.15) is 0 Å². The summed E-state index contributed by atoms with van der Waals surface area (Å²) in [6.45, 7) is 3.72. The zero-order valence-electron chi connectivity index (χ0n) is 9.67. The maximum atomic E-state index is 11.0. The van der Waals surface area contributed by atoms with E-state index in [4.69, 9.17) is 0 Å². The van der Waals surface area contributed by atoms with Crippen LogP contribution in [0.1, 0.15) is 5.56 Å². The van der Waals surface area contributed by atoms with Crippen LogP contribution < -0.4 is 0 Å². The maximum absolute atomic E-state index is 11.0. The van der Waals surface area contributed by atoms with Crippen LogP contribution in [0, 0.1) is 0 Å². The fraction of sp³-hybridized carbons (Fsp3) is 0.462. The molecular weight excluding hydrogens is 200 g/mol. The molecule has 1 unspecified atom stereocenters. The number of hydrogen-bond donors (Lipinski definition) is 0. The quantitative estimate of drug-likeness (QED) is 0.707. The first kappa shape index (κ1) is 11.3. The monoisotopic (exact) mass is 218 g/mol. The van der Waals surface area contributed by atoms with E-state index in [-0.39, 0.29) is 6.04 Å². The number of benzene rings is 1. The van der Waals surface area contributed by atoms with E-state index in [1.165, 1.54) is 5.56 Å². The van der Waals surface area contributed by atoms with E-state index in [0.29, 0.717) is 0 Å². The largest absolute Gasteiger partial charge is 0.303 e. The first-order chi connectivity index (χ1) is 7.79. The van der Waals surface area contributed by atoms with Gasteiger partial charge in [0.25, 0.3) is 0 Å². The molecule has 0 spiro atoms. The first-order valence-electron chi connectivity index (χ1n) is 5.71. The Morgan fingerprint density at radius 2 is 2.06 bits per heavy atom. The van der Waals surface area contributed by atoms with E-state index in [9.17, 15) is 4.79 Å². The average Bonchev–Trinajstić information content (AvgIpc) is 2.33. The van der Waals surface area contributed by atoms with Crippen molar-refractivity contribution in [2.24, 2.45) is 0 Å². The average molecular weight is 218 g/mol. The van der Waals surface area contributed by atoms with Gasteiger partial charge in [0.15, 0.2) is 0 Å². The standard InChI is InChI=1S/C13H18N2O/c1-14-7-8-15(13(10-14)11-16)9-12-5-3-2-4-6-12/h2-6,11,13H,7-10H2,1H3. The normalized spacial score (nSPS) is 23.2. The zero-order valence-corrected chi connectivity index (χ0v) is 9.67. The van der Waals surface area contributed by atoms with Crippen molar-refractivity contribution in [2.45, 2.75) is 12.6 Å². The van der Waals surface area contributed by atoms with E-state index >= 15 is 0 Å². The van der Waals surface area contributed by atoms with Crippen LogP contribution in [0.3, 0.4) is 0 Å². The summed E-state index contributed by atoms with van der Waals surface area (Å²) < 4.78 is 0. The summed E-state index contributed by atoms with van der Waals surface area (Å²) in [5.41, 5.74) is 1.28. The predicted molar refractivity (Wildman–Crippen MR) is 64.2 cm³/mol.